The molecule has 0 atom stereocenters. The van der Waals surface area contributed by atoms with Crippen molar-refractivity contribution < 1.29 is 27.1 Å². The van der Waals surface area contributed by atoms with Crippen LogP contribution in [0.15, 0.2) is 24.3 Å². The van der Waals surface area contributed by atoms with E-state index < -0.39 is 11.9 Å². The smallest absolute Gasteiger partial charge is 0.435 e. The third-order valence-corrected chi connectivity index (χ3v) is 4.30. The fraction of sp³-hybridized carbons (Fsp3) is 0.412. The quantitative estimate of drug-likeness (QED) is 0.610. The van der Waals surface area contributed by atoms with Crippen molar-refractivity contribution in [3.63, 3.8) is 0 Å². The van der Waals surface area contributed by atoms with Crippen molar-refractivity contribution in [2.75, 3.05) is 18.0 Å². The van der Waals surface area contributed by atoms with Crippen LogP contribution in [0.5, 0.6) is 5.75 Å². The Bertz CT molecular complexity index is 779. The van der Waals surface area contributed by atoms with Crippen molar-refractivity contribution in [1.29, 1.82) is 0 Å². The summed E-state index contributed by atoms with van der Waals surface area (Å²) in [5.74, 6) is 0.139. The number of rotatable bonds is 4. The van der Waals surface area contributed by atoms with Crippen LogP contribution >= 0.6 is 0 Å². The molecular weight excluding hydrogens is 354 g/mol. The van der Waals surface area contributed by atoms with Gasteiger partial charge in [0.15, 0.2) is 12.0 Å². The molecule has 1 fully saturated rings. The number of halogens is 4. The minimum absolute atomic E-state index is 0.185. The third-order valence-electron chi connectivity index (χ3n) is 4.30. The van der Waals surface area contributed by atoms with Crippen LogP contribution in [0.25, 0.3) is 0 Å². The molecule has 140 valence electrons. The fourth-order valence-corrected chi connectivity index (χ4v) is 3.15. The second kappa shape index (κ2) is 6.97. The van der Waals surface area contributed by atoms with Gasteiger partial charge in [0, 0.05) is 33.0 Å². The predicted molar refractivity (Wildman–Crippen MR) is 85.9 cm³/mol. The molecule has 1 aliphatic rings. The number of alkyl halides is 3. The molecule has 5 nitrogen and oxygen atoms in total. The SMILES string of the molecule is Cn1nc(C=O)c(N2CCC(Oc3ccc(F)cc3)CC2)c1C(F)(F)F. The van der Waals surface area contributed by atoms with E-state index in [-0.39, 0.29) is 23.3 Å². The van der Waals surface area contributed by atoms with Crippen LogP contribution in [-0.4, -0.2) is 35.3 Å². The van der Waals surface area contributed by atoms with E-state index in [1.807, 2.05) is 0 Å². The number of hydrogen-bond acceptors (Lipinski definition) is 4. The predicted octanol–water partition coefficient (Wildman–Crippen LogP) is 3.44. The van der Waals surface area contributed by atoms with E-state index in [1.54, 1.807) is 0 Å². The molecule has 26 heavy (non-hydrogen) atoms. The van der Waals surface area contributed by atoms with Crippen LogP contribution in [0, 0.1) is 5.82 Å². The average molecular weight is 371 g/mol. The third kappa shape index (κ3) is 3.66. The second-order valence-electron chi connectivity index (χ2n) is 6.08. The van der Waals surface area contributed by atoms with Crippen molar-refractivity contribution in [1.82, 2.24) is 9.78 Å². The van der Waals surface area contributed by atoms with Crippen molar-refractivity contribution in [3.8, 4) is 5.75 Å². The van der Waals surface area contributed by atoms with E-state index in [4.69, 9.17) is 4.74 Å². The minimum atomic E-state index is -4.61. The number of benzene rings is 1. The summed E-state index contributed by atoms with van der Waals surface area (Å²) in [6.07, 6.45) is -3.52. The number of nitrogens with zero attached hydrogens (tertiary/aromatic N) is 3. The van der Waals surface area contributed by atoms with Gasteiger partial charge < -0.3 is 9.64 Å². The van der Waals surface area contributed by atoms with Crippen molar-refractivity contribution in [2.45, 2.75) is 25.1 Å². The summed E-state index contributed by atoms with van der Waals surface area (Å²) in [7, 11) is 1.17. The Hall–Kier alpha value is -2.58. The Morgan fingerprint density at radius 2 is 1.81 bits per heavy atom. The van der Waals surface area contributed by atoms with E-state index in [1.165, 1.54) is 36.2 Å². The molecule has 0 aliphatic carbocycles. The van der Waals surface area contributed by atoms with E-state index in [9.17, 15) is 22.4 Å². The molecule has 0 bridgehead atoms. The molecular formula is C17H17F4N3O2. The molecule has 1 aromatic heterocycles. The van der Waals surface area contributed by atoms with E-state index in [2.05, 4.69) is 5.10 Å². The zero-order valence-electron chi connectivity index (χ0n) is 14.0. The molecule has 0 saturated carbocycles. The lowest BCUT2D eigenvalue weighted by atomic mass is 10.1. The first-order valence-corrected chi connectivity index (χ1v) is 8.06. The van der Waals surface area contributed by atoms with Crippen LogP contribution in [0.1, 0.15) is 29.0 Å². The summed E-state index contributed by atoms with van der Waals surface area (Å²) < 4.78 is 59.4. The molecule has 1 saturated heterocycles. The van der Waals surface area contributed by atoms with E-state index >= 15 is 0 Å². The van der Waals surface area contributed by atoms with Gasteiger partial charge in [-0.15, -0.1) is 0 Å². The second-order valence-corrected chi connectivity index (χ2v) is 6.08. The number of aromatic nitrogens is 2. The molecule has 2 heterocycles. The number of hydrogen-bond donors (Lipinski definition) is 0. The van der Waals surface area contributed by atoms with Gasteiger partial charge >= 0.3 is 6.18 Å². The molecule has 0 radical (unpaired) electrons. The van der Waals surface area contributed by atoms with Gasteiger partial charge in [-0.2, -0.15) is 18.3 Å². The zero-order valence-corrected chi connectivity index (χ0v) is 14.0. The van der Waals surface area contributed by atoms with Gasteiger partial charge in [0.2, 0.25) is 0 Å². The average Bonchev–Trinajstić information content (AvgIpc) is 2.94. The highest BCUT2D eigenvalue weighted by Gasteiger charge is 2.41. The highest BCUT2D eigenvalue weighted by molar-refractivity contribution is 5.83. The van der Waals surface area contributed by atoms with Gasteiger partial charge in [-0.25, -0.2) is 4.39 Å². The minimum Gasteiger partial charge on any atom is -0.490 e. The lowest BCUT2D eigenvalue weighted by Gasteiger charge is -2.34. The Balaban J connectivity index is 1.74. The van der Waals surface area contributed by atoms with Gasteiger partial charge in [0.05, 0.1) is 5.69 Å². The largest absolute Gasteiger partial charge is 0.490 e. The fourth-order valence-electron chi connectivity index (χ4n) is 3.15. The molecule has 1 aromatic carbocycles. The Kier molecular flexibility index (Phi) is 4.88. The first kappa shape index (κ1) is 18.2. The van der Waals surface area contributed by atoms with Crippen molar-refractivity contribution in [2.24, 2.45) is 7.05 Å². The van der Waals surface area contributed by atoms with Crippen LogP contribution in [0.4, 0.5) is 23.2 Å². The van der Waals surface area contributed by atoms with Crippen LogP contribution < -0.4 is 9.64 Å². The molecule has 0 unspecified atom stereocenters. The summed E-state index contributed by atoms with van der Waals surface area (Å²) in [6.45, 7) is 0.586. The summed E-state index contributed by atoms with van der Waals surface area (Å²) in [6, 6.07) is 5.59. The molecule has 0 amide bonds. The van der Waals surface area contributed by atoms with Crippen LogP contribution in [-0.2, 0) is 13.2 Å². The maximum Gasteiger partial charge on any atom is 0.435 e. The number of ether oxygens (including phenoxy) is 1. The van der Waals surface area contributed by atoms with Crippen LogP contribution in [0.3, 0.4) is 0 Å². The standard InChI is InChI=1S/C17H17F4N3O2/c1-23-16(17(19,20)21)15(14(10-25)22-23)24-8-6-13(7-9-24)26-12-4-2-11(18)3-5-12/h2-5,10,13H,6-9H2,1H3. The van der Waals surface area contributed by atoms with Gasteiger partial charge in [-0.1, -0.05) is 0 Å². The number of carbonyl (C=O) groups excluding carboxylic acids is 1. The Morgan fingerprint density at radius 3 is 2.35 bits per heavy atom. The molecule has 0 spiro atoms. The maximum atomic E-state index is 13.4. The number of aryl methyl sites for hydroxylation is 1. The monoisotopic (exact) mass is 371 g/mol. The summed E-state index contributed by atoms with van der Waals surface area (Å²) >= 11 is 0. The summed E-state index contributed by atoms with van der Waals surface area (Å²) in [5, 5.41) is 3.69. The Labute approximate surface area is 147 Å². The van der Waals surface area contributed by atoms with Gasteiger partial charge in [0.25, 0.3) is 0 Å². The molecule has 0 N–H and O–H groups in total. The normalized spacial score (nSPS) is 16.0. The molecule has 1 aliphatic heterocycles. The lowest BCUT2D eigenvalue weighted by molar-refractivity contribution is -0.143. The number of piperidine rings is 1. The maximum absolute atomic E-state index is 13.4. The summed E-state index contributed by atoms with van der Waals surface area (Å²) in [5.41, 5.74) is -1.34. The summed E-state index contributed by atoms with van der Waals surface area (Å²) in [4.78, 5) is 12.7. The zero-order chi connectivity index (χ0) is 18.9. The van der Waals surface area contributed by atoms with Crippen molar-refractivity contribution in [3.05, 3.63) is 41.5 Å². The highest BCUT2D eigenvalue weighted by atomic mass is 19.4. The van der Waals surface area contributed by atoms with Gasteiger partial charge in [-0.3, -0.25) is 9.48 Å². The van der Waals surface area contributed by atoms with Gasteiger partial charge in [0.1, 0.15) is 23.4 Å². The lowest BCUT2D eigenvalue weighted by Crippen LogP contribution is -2.39. The van der Waals surface area contributed by atoms with Crippen molar-refractivity contribution >= 4 is 12.0 Å². The van der Waals surface area contributed by atoms with E-state index in [0.717, 1.165) is 0 Å². The molecule has 2 aromatic rings. The topological polar surface area (TPSA) is 47.4 Å². The van der Waals surface area contributed by atoms with Crippen LogP contribution in [0.2, 0.25) is 0 Å². The number of anilines is 1. The first-order chi connectivity index (χ1) is 12.3. The number of aldehydes is 1. The Morgan fingerprint density at radius 1 is 1.19 bits per heavy atom. The van der Waals surface area contributed by atoms with E-state index in [0.29, 0.717) is 42.6 Å². The molecule has 9 heteroatoms. The highest BCUT2D eigenvalue weighted by Crippen LogP contribution is 2.39. The van der Waals surface area contributed by atoms with Gasteiger partial charge in [-0.05, 0) is 24.3 Å². The first-order valence-electron chi connectivity index (χ1n) is 8.06. The number of carbonyl (C=O) groups is 1. The molecule has 3 rings (SSSR count).